The Labute approximate surface area is 194 Å². The SMILES string of the molecule is O=C(Nc1cc(S(=O)(=O)[O-])ccc1S(=O)(=O)[O-])C(Br)CBr.[Na+].[Na+]. The number of hydrogen-bond donors (Lipinski definition) is 1. The molecule has 0 spiro atoms. The summed E-state index contributed by atoms with van der Waals surface area (Å²) in [6, 6.07) is 1.96. The van der Waals surface area contributed by atoms with E-state index in [1.54, 1.807) is 0 Å². The Bertz CT molecular complexity index is 770. The smallest absolute Gasteiger partial charge is 0.744 e. The molecule has 1 amide bonds. The van der Waals surface area contributed by atoms with Gasteiger partial charge in [0.05, 0.1) is 15.5 Å². The third kappa shape index (κ3) is 8.13. The van der Waals surface area contributed by atoms with Gasteiger partial charge < -0.3 is 14.4 Å². The number of carbonyl (C=O) groups is 1. The molecule has 118 valence electrons. The Balaban J connectivity index is 0. The molecule has 1 rings (SSSR count). The van der Waals surface area contributed by atoms with Crippen LogP contribution < -0.4 is 64.4 Å². The van der Waals surface area contributed by atoms with Crippen molar-refractivity contribution in [3.05, 3.63) is 18.2 Å². The van der Waals surface area contributed by atoms with Gasteiger partial charge in [0.25, 0.3) is 0 Å². The Morgan fingerprint density at radius 2 is 1.65 bits per heavy atom. The summed E-state index contributed by atoms with van der Waals surface area (Å²) >= 11 is 5.97. The molecule has 0 aliphatic carbocycles. The van der Waals surface area contributed by atoms with Gasteiger partial charge in [-0.1, -0.05) is 31.9 Å². The summed E-state index contributed by atoms with van der Waals surface area (Å²) < 4.78 is 66.0. The maximum absolute atomic E-state index is 11.7. The molecule has 0 saturated carbocycles. The number of amides is 1. The second kappa shape index (κ2) is 10.6. The van der Waals surface area contributed by atoms with Gasteiger partial charge in [0, 0.05) is 5.33 Å². The van der Waals surface area contributed by atoms with Gasteiger partial charge >= 0.3 is 59.1 Å². The molecule has 0 aliphatic rings. The van der Waals surface area contributed by atoms with Crippen LogP contribution in [0.3, 0.4) is 0 Å². The first-order valence-electron chi connectivity index (χ1n) is 5.03. The molecular weight excluding hydrogens is 504 g/mol. The van der Waals surface area contributed by atoms with E-state index in [1.807, 2.05) is 0 Å². The number of nitrogens with one attached hydrogen (secondary N) is 1. The van der Waals surface area contributed by atoms with Crippen LogP contribution in [0.5, 0.6) is 0 Å². The van der Waals surface area contributed by atoms with E-state index in [1.165, 1.54) is 0 Å². The van der Waals surface area contributed by atoms with Crippen LogP contribution in [0, 0.1) is 0 Å². The van der Waals surface area contributed by atoms with Crippen molar-refractivity contribution in [3.63, 3.8) is 0 Å². The molecule has 0 radical (unpaired) electrons. The summed E-state index contributed by atoms with van der Waals surface area (Å²) in [7, 11) is -9.83. The predicted molar refractivity (Wildman–Crippen MR) is 77.5 cm³/mol. The van der Waals surface area contributed by atoms with Gasteiger partial charge in [-0.15, -0.1) is 0 Å². The molecule has 0 heterocycles. The quantitative estimate of drug-likeness (QED) is 0.236. The van der Waals surface area contributed by atoms with Gasteiger partial charge in [-0.2, -0.15) is 0 Å². The first-order valence-corrected chi connectivity index (χ1v) is 9.89. The summed E-state index contributed by atoms with van der Waals surface area (Å²) in [5.74, 6) is -0.725. The molecule has 0 aliphatic heterocycles. The van der Waals surface area contributed by atoms with E-state index >= 15 is 0 Å². The summed E-state index contributed by atoms with van der Waals surface area (Å²) in [6.45, 7) is 0. The van der Waals surface area contributed by atoms with Crippen LogP contribution in [0.25, 0.3) is 0 Å². The molecule has 0 aromatic heterocycles. The van der Waals surface area contributed by atoms with E-state index in [2.05, 4.69) is 37.2 Å². The molecule has 1 aromatic rings. The zero-order valence-electron chi connectivity index (χ0n) is 11.9. The van der Waals surface area contributed by atoms with Crippen LogP contribution in [-0.4, -0.2) is 42.0 Å². The molecule has 0 bridgehead atoms. The molecular formula is C9H7Br2NNa2O7S2. The van der Waals surface area contributed by atoms with Gasteiger partial charge in [-0.25, -0.2) is 16.8 Å². The monoisotopic (exact) mass is 509 g/mol. The second-order valence-corrected chi connectivity index (χ2v) is 8.16. The fraction of sp³-hybridized carbons (Fsp3) is 0.222. The number of carbonyl (C=O) groups excluding carboxylic acids is 1. The Hall–Kier alpha value is 1.47. The minimum absolute atomic E-state index is 0. The average Bonchev–Trinajstić information content (AvgIpc) is 2.35. The molecule has 1 unspecified atom stereocenters. The second-order valence-electron chi connectivity index (χ2n) is 3.68. The minimum Gasteiger partial charge on any atom is -0.744 e. The maximum Gasteiger partial charge on any atom is 1.00 e. The van der Waals surface area contributed by atoms with Crippen LogP contribution in [0.1, 0.15) is 0 Å². The zero-order valence-corrected chi connectivity index (χ0v) is 20.8. The van der Waals surface area contributed by atoms with E-state index in [0.29, 0.717) is 18.2 Å². The van der Waals surface area contributed by atoms with E-state index in [-0.39, 0.29) is 64.4 Å². The van der Waals surface area contributed by atoms with Crippen LogP contribution in [0.15, 0.2) is 28.0 Å². The van der Waals surface area contributed by atoms with E-state index < -0.39 is 46.4 Å². The van der Waals surface area contributed by atoms with Crippen molar-refractivity contribution in [2.24, 2.45) is 0 Å². The van der Waals surface area contributed by atoms with Crippen LogP contribution in [0.2, 0.25) is 0 Å². The van der Waals surface area contributed by atoms with Crippen molar-refractivity contribution >= 4 is 63.7 Å². The largest absolute Gasteiger partial charge is 1.00 e. The number of rotatable bonds is 5. The Kier molecular flexibility index (Phi) is 12.3. The van der Waals surface area contributed by atoms with Crippen LogP contribution >= 0.6 is 31.9 Å². The van der Waals surface area contributed by atoms with Crippen molar-refractivity contribution in [1.82, 2.24) is 0 Å². The summed E-state index contributed by atoms with van der Waals surface area (Å²) in [4.78, 5) is 9.31. The molecule has 1 aromatic carbocycles. The number of anilines is 1. The van der Waals surface area contributed by atoms with E-state index in [0.717, 1.165) is 0 Å². The van der Waals surface area contributed by atoms with Crippen LogP contribution in [0.4, 0.5) is 5.69 Å². The third-order valence-corrected chi connectivity index (χ3v) is 6.17. The van der Waals surface area contributed by atoms with Crippen molar-refractivity contribution in [2.75, 3.05) is 10.6 Å². The number of hydrogen-bond acceptors (Lipinski definition) is 7. The minimum atomic E-state index is -4.96. The fourth-order valence-corrected chi connectivity index (χ4v) is 2.78. The van der Waals surface area contributed by atoms with Gasteiger partial charge in [-0.05, 0) is 18.2 Å². The molecule has 14 heteroatoms. The zero-order chi connectivity index (χ0) is 16.4. The summed E-state index contributed by atoms with van der Waals surface area (Å²) in [6.07, 6.45) is 0. The standard InChI is InChI=1S/C9H9Br2NO7S2.2Na/c10-4-6(11)9(13)12-7-3-5(20(14,15)16)1-2-8(7)21(17,18)19;;/h1-3,6H,4H2,(H,12,13)(H,14,15,16)(H,17,18,19);;/q;2*+1/p-2. The summed E-state index contributed by atoms with van der Waals surface area (Å²) in [5, 5.41) is 2.26. The van der Waals surface area contributed by atoms with E-state index in [9.17, 15) is 30.7 Å². The van der Waals surface area contributed by atoms with Gasteiger partial charge in [0.2, 0.25) is 5.91 Å². The number of benzene rings is 1. The first-order chi connectivity index (χ1) is 9.46. The topological polar surface area (TPSA) is 144 Å². The van der Waals surface area contributed by atoms with Gasteiger partial charge in [-0.3, -0.25) is 4.79 Å². The van der Waals surface area contributed by atoms with Gasteiger partial charge in [0.15, 0.2) is 0 Å². The van der Waals surface area contributed by atoms with Crippen molar-refractivity contribution < 1.29 is 89.9 Å². The Morgan fingerprint density at radius 3 is 2.04 bits per heavy atom. The third-order valence-electron chi connectivity index (χ3n) is 2.19. The van der Waals surface area contributed by atoms with E-state index in [4.69, 9.17) is 0 Å². The summed E-state index contributed by atoms with van der Waals surface area (Å²) in [5.41, 5.74) is -0.572. The van der Waals surface area contributed by atoms with Crippen molar-refractivity contribution in [3.8, 4) is 0 Å². The average molecular weight is 511 g/mol. The maximum atomic E-state index is 11.7. The van der Waals surface area contributed by atoms with Crippen LogP contribution in [-0.2, 0) is 25.0 Å². The molecule has 1 N–H and O–H groups in total. The van der Waals surface area contributed by atoms with Crippen molar-refractivity contribution in [2.45, 2.75) is 14.6 Å². The van der Waals surface area contributed by atoms with Crippen molar-refractivity contribution in [1.29, 1.82) is 0 Å². The molecule has 1 atom stereocenters. The molecule has 0 fully saturated rings. The molecule has 0 saturated heterocycles. The van der Waals surface area contributed by atoms with Gasteiger partial charge in [0.1, 0.15) is 25.1 Å². The number of halogens is 2. The Morgan fingerprint density at radius 1 is 1.13 bits per heavy atom. The number of alkyl halides is 2. The normalized spacial score (nSPS) is 12.5. The fourth-order valence-electron chi connectivity index (χ4n) is 1.26. The molecule has 8 nitrogen and oxygen atoms in total. The first kappa shape index (κ1) is 26.7. The predicted octanol–water partition coefficient (Wildman–Crippen LogP) is -5.40. The molecule has 23 heavy (non-hydrogen) atoms.